The van der Waals surface area contributed by atoms with E-state index in [2.05, 4.69) is 15.5 Å². The van der Waals surface area contributed by atoms with E-state index in [0.717, 1.165) is 36.8 Å². The lowest BCUT2D eigenvalue weighted by atomic mass is 10.1. The second kappa shape index (κ2) is 7.11. The molecule has 7 nitrogen and oxygen atoms in total. The number of rotatable bonds is 5. The molecule has 1 aliphatic carbocycles. The molecule has 4 rings (SSSR count). The first-order valence-electron chi connectivity index (χ1n) is 8.97. The van der Waals surface area contributed by atoms with E-state index < -0.39 is 0 Å². The standard InChI is InChI=1S/C19H21N5O2/c25-18(13-23-11-5-10-21-23)20-12-17-15-8-3-4-9-16(15)19(26)24(22-17)14-6-1-2-7-14/h3-5,8-11,14H,1-2,6-7,12-13H2,(H,20,25). The van der Waals surface area contributed by atoms with Crippen molar-refractivity contribution in [1.29, 1.82) is 0 Å². The third-order valence-electron chi connectivity index (χ3n) is 4.89. The molecule has 1 saturated carbocycles. The smallest absolute Gasteiger partial charge is 0.274 e. The number of amides is 1. The van der Waals surface area contributed by atoms with Crippen molar-refractivity contribution in [2.75, 3.05) is 0 Å². The second-order valence-corrected chi connectivity index (χ2v) is 6.66. The number of fused-ring (bicyclic) bond motifs is 1. The van der Waals surface area contributed by atoms with Crippen molar-refractivity contribution in [3.05, 3.63) is 58.8 Å². The molecule has 2 aromatic heterocycles. The van der Waals surface area contributed by atoms with Gasteiger partial charge in [0.15, 0.2) is 0 Å². The lowest BCUT2D eigenvalue weighted by molar-refractivity contribution is -0.122. The molecule has 2 heterocycles. The maximum Gasteiger partial charge on any atom is 0.274 e. The van der Waals surface area contributed by atoms with Crippen LogP contribution in [0.15, 0.2) is 47.5 Å². The fourth-order valence-electron chi connectivity index (χ4n) is 3.58. The van der Waals surface area contributed by atoms with Gasteiger partial charge in [-0.15, -0.1) is 0 Å². The average Bonchev–Trinajstić information content (AvgIpc) is 3.35. The number of aromatic nitrogens is 4. The van der Waals surface area contributed by atoms with E-state index in [-0.39, 0.29) is 30.6 Å². The van der Waals surface area contributed by atoms with Crippen LogP contribution in [0.5, 0.6) is 0 Å². The van der Waals surface area contributed by atoms with Crippen LogP contribution < -0.4 is 10.9 Å². The number of hydrogen-bond acceptors (Lipinski definition) is 4. The number of hydrogen-bond donors (Lipinski definition) is 1. The van der Waals surface area contributed by atoms with Gasteiger partial charge in [-0.25, -0.2) is 4.68 Å². The van der Waals surface area contributed by atoms with E-state index >= 15 is 0 Å². The fourth-order valence-corrected chi connectivity index (χ4v) is 3.58. The zero-order valence-corrected chi connectivity index (χ0v) is 14.5. The Bertz CT molecular complexity index is 971. The quantitative estimate of drug-likeness (QED) is 0.762. The van der Waals surface area contributed by atoms with Crippen molar-refractivity contribution in [2.45, 2.75) is 44.8 Å². The number of benzene rings is 1. The normalized spacial score (nSPS) is 14.8. The van der Waals surface area contributed by atoms with Crippen LogP contribution >= 0.6 is 0 Å². The highest BCUT2D eigenvalue weighted by Crippen LogP contribution is 2.28. The summed E-state index contributed by atoms with van der Waals surface area (Å²) in [7, 11) is 0. The molecule has 1 fully saturated rings. The Morgan fingerprint density at radius 3 is 2.65 bits per heavy atom. The van der Waals surface area contributed by atoms with Crippen LogP contribution in [0.2, 0.25) is 0 Å². The van der Waals surface area contributed by atoms with Crippen molar-refractivity contribution < 1.29 is 4.79 Å². The Hall–Kier alpha value is -2.96. The summed E-state index contributed by atoms with van der Waals surface area (Å²) in [4.78, 5) is 25.0. The van der Waals surface area contributed by atoms with Crippen LogP contribution in [0.3, 0.4) is 0 Å². The minimum atomic E-state index is -0.141. The van der Waals surface area contributed by atoms with Crippen molar-refractivity contribution in [1.82, 2.24) is 24.9 Å². The molecule has 0 radical (unpaired) electrons. The molecule has 0 spiro atoms. The van der Waals surface area contributed by atoms with Crippen molar-refractivity contribution in [2.24, 2.45) is 0 Å². The first-order chi connectivity index (χ1) is 12.7. The Morgan fingerprint density at radius 1 is 1.15 bits per heavy atom. The molecule has 0 saturated heterocycles. The third-order valence-corrected chi connectivity index (χ3v) is 4.89. The molecule has 1 aromatic carbocycles. The van der Waals surface area contributed by atoms with Gasteiger partial charge in [0.05, 0.1) is 23.7 Å². The van der Waals surface area contributed by atoms with E-state index in [9.17, 15) is 9.59 Å². The molecule has 0 aliphatic heterocycles. The Morgan fingerprint density at radius 2 is 1.92 bits per heavy atom. The first-order valence-corrected chi connectivity index (χ1v) is 8.97. The van der Waals surface area contributed by atoms with Crippen LogP contribution in [0.25, 0.3) is 10.8 Å². The molecule has 1 aliphatic rings. The summed E-state index contributed by atoms with van der Waals surface area (Å²) in [5.74, 6) is -0.141. The molecular weight excluding hydrogens is 330 g/mol. The summed E-state index contributed by atoms with van der Waals surface area (Å²) in [5, 5.41) is 13.0. The third kappa shape index (κ3) is 3.24. The number of nitrogens with one attached hydrogen (secondary N) is 1. The molecule has 1 N–H and O–H groups in total. The van der Waals surface area contributed by atoms with E-state index in [1.807, 2.05) is 24.3 Å². The Kier molecular flexibility index (Phi) is 4.51. The van der Waals surface area contributed by atoms with Crippen LogP contribution in [-0.2, 0) is 17.9 Å². The van der Waals surface area contributed by atoms with Gasteiger partial charge in [-0.2, -0.15) is 10.2 Å². The molecule has 0 bridgehead atoms. The van der Waals surface area contributed by atoms with Crippen molar-refractivity contribution >= 4 is 16.7 Å². The molecule has 26 heavy (non-hydrogen) atoms. The number of carbonyl (C=O) groups excluding carboxylic acids is 1. The van der Waals surface area contributed by atoms with Crippen LogP contribution in [-0.4, -0.2) is 25.5 Å². The molecule has 7 heteroatoms. The minimum Gasteiger partial charge on any atom is -0.349 e. The number of carbonyl (C=O) groups is 1. The van der Waals surface area contributed by atoms with Crippen LogP contribution in [0.4, 0.5) is 0 Å². The molecular formula is C19H21N5O2. The van der Waals surface area contributed by atoms with Crippen molar-refractivity contribution in [3.8, 4) is 0 Å². The molecule has 3 aromatic rings. The van der Waals surface area contributed by atoms with Gasteiger partial charge in [0.2, 0.25) is 5.91 Å². The van der Waals surface area contributed by atoms with E-state index in [1.54, 1.807) is 27.8 Å². The highest BCUT2D eigenvalue weighted by Gasteiger charge is 2.21. The summed E-state index contributed by atoms with van der Waals surface area (Å²) in [6.07, 6.45) is 7.60. The van der Waals surface area contributed by atoms with E-state index in [1.165, 1.54) is 0 Å². The van der Waals surface area contributed by atoms with Gasteiger partial charge in [0.25, 0.3) is 5.56 Å². The zero-order valence-electron chi connectivity index (χ0n) is 14.5. The van der Waals surface area contributed by atoms with Gasteiger partial charge < -0.3 is 5.32 Å². The highest BCUT2D eigenvalue weighted by molar-refractivity contribution is 5.84. The number of nitrogens with zero attached hydrogens (tertiary/aromatic N) is 4. The predicted molar refractivity (Wildman–Crippen MR) is 97.6 cm³/mol. The topological polar surface area (TPSA) is 81.8 Å². The van der Waals surface area contributed by atoms with Crippen molar-refractivity contribution in [3.63, 3.8) is 0 Å². The van der Waals surface area contributed by atoms with Gasteiger partial charge in [-0.3, -0.25) is 14.3 Å². The summed E-state index contributed by atoms with van der Waals surface area (Å²) >= 11 is 0. The second-order valence-electron chi connectivity index (χ2n) is 6.66. The monoisotopic (exact) mass is 351 g/mol. The summed E-state index contributed by atoms with van der Waals surface area (Å²) in [5.41, 5.74) is 0.681. The van der Waals surface area contributed by atoms with Crippen LogP contribution in [0.1, 0.15) is 37.4 Å². The Balaban J connectivity index is 1.62. The van der Waals surface area contributed by atoms with E-state index in [4.69, 9.17) is 0 Å². The zero-order chi connectivity index (χ0) is 17.9. The van der Waals surface area contributed by atoms with Crippen LogP contribution in [0, 0.1) is 0 Å². The largest absolute Gasteiger partial charge is 0.349 e. The van der Waals surface area contributed by atoms with Gasteiger partial charge in [0.1, 0.15) is 6.54 Å². The average molecular weight is 351 g/mol. The maximum absolute atomic E-state index is 12.8. The lowest BCUT2D eigenvalue weighted by Gasteiger charge is -2.16. The van der Waals surface area contributed by atoms with Gasteiger partial charge in [-0.1, -0.05) is 31.0 Å². The predicted octanol–water partition coefficient (Wildman–Crippen LogP) is 2.02. The Labute approximate surface area is 150 Å². The SMILES string of the molecule is O=C(Cn1cccn1)NCc1nn(C2CCCC2)c(=O)c2ccccc12. The minimum absolute atomic E-state index is 0.0425. The molecule has 0 unspecified atom stereocenters. The van der Waals surface area contributed by atoms with Gasteiger partial charge in [0, 0.05) is 17.8 Å². The maximum atomic E-state index is 12.8. The summed E-state index contributed by atoms with van der Waals surface area (Å²) < 4.78 is 3.20. The first kappa shape index (κ1) is 16.5. The van der Waals surface area contributed by atoms with E-state index in [0.29, 0.717) is 5.39 Å². The van der Waals surface area contributed by atoms with Gasteiger partial charge >= 0.3 is 0 Å². The molecule has 1 amide bonds. The summed E-state index contributed by atoms with van der Waals surface area (Å²) in [6, 6.07) is 9.41. The lowest BCUT2D eigenvalue weighted by Crippen LogP contribution is -2.31. The fraction of sp³-hybridized carbons (Fsp3) is 0.368. The highest BCUT2D eigenvalue weighted by atomic mass is 16.2. The summed E-state index contributed by atoms with van der Waals surface area (Å²) in [6.45, 7) is 0.445. The molecule has 134 valence electrons. The van der Waals surface area contributed by atoms with Gasteiger partial charge in [-0.05, 0) is 25.0 Å². The molecule has 0 atom stereocenters.